The number of carbonyl (C=O) groups is 2. The second-order valence-electron chi connectivity index (χ2n) is 8.77. The number of nitrogens with one attached hydrogen (secondary N) is 3. The van der Waals surface area contributed by atoms with Gasteiger partial charge in [-0.2, -0.15) is 0 Å². The number of amides is 3. The average Bonchev–Trinajstić information content (AvgIpc) is 2.78. The summed E-state index contributed by atoms with van der Waals surface area (Å²) in [4.78, 5) is 29.8. The van der Waals surface area contributed by atoms with Crippen molar-refractivity contribution in [3.63, 3.8) is 0 Å². The van der Waals surface area contributed by atoms with Crippen LogP contribution in [0.4, 0.5) is 14.9 Å². The zero-order chi connectivity index (χ0) is 24.7. The predicted octanol–water partition coefficient (Wildman–Crippen LogP) is 1.11. The molecule has 1 unspecified atom stereocenters. The molecule has 2 aliphatic heterocycles. The van der Waals surface area contributed by atoms with Crippen LogP contribution < -0.4 is 20.7 Å². The summed E-state index contributed by atoms with van der Waals surface area (Å²) in [5.41, 5.74) is -0.660. The summed E-state index contributed by atoms with van der Waals surface area (Å²) in [5, 5.41) is 8.34. The van der Waals surface area contributed by atoms with Crippen LogP contribution in [-0.2, 0) is 15.4 Å². The highest BCUT2D eigenvalue weighted by atomic mass is 32.2. The van der Waals surface area contributed by atoms with Crippen LogP contribution in [-0.4, -0.2) is 74.5 Å². The monoisotopic (exact) mass is 491 g/mol. The van der Waals surface area contributed by atoms with Gasteiger partial charge in [-0.25, -0.2) is 22.6 Å². The van der Waals surface area contributed by atoms with E-state index < -0.39 is 31.8 Å². The number of hydrogen-bond acceptors (Lipinski definition) is 7. The van der Waals surface area contributed by atoms with Crippen molar-refractivity contribution in [2.24, 2.45) is 0 Å². The van der Waals surface area contributed by atoms with Crippen LogP contribution in [0.1, 0.15) is 23.0 Å². The van der Waals surface area contributed by atoms with Crippen molar-refractivity contribution in [1.82, 2.24) is 20.5 Å². The Morgan fingerprint density at radius 3 is 2.56 bits per heavy atom. The fourth-order valence-electron chi connectivity index (χ4n) is 4.34. The minimum atomic E-state index is -3.68. The minimum Gasteiger partial charge on any atom is -0.495 e. The largest absolute Gasteiger partial charge is 0.495 e. The van der Waals surface area contributed by atoms with Gasteiger partial charge in [0.15, 0.2) is 9.84 Å². The second kappa shape index (κ2) is 8.51. The first kappa shape index (κ1) is 23.9. The van der Waals surface area contributed by atoms with Gasteiger partial charge < -0.3 is 25.6 Å². The average molecular weight is 492 g/mol. The number of aromatic nitrogens is 1. The fourth-order valence-corrected chi connectivity index (χ4v) is 6.66. The summed E-state index contributed by atoms with van der Waals surface area (Å²) in [6, 6.07) is 6.76. The molecule has 1 spiro atoms. The van der Waals surface area contributed by atoms with Crippen molar-refractivity contribution < 1.29 is 27.1 Å². The lowest BCUT2D eigenvalue weighted by atomic mass is 9.90. The quantitative estimate of drug-likeness (QED) is 0.584. The number of methoxy groups -OCH3 is 1. The molecule has 4 rings (SSSR count). The van der Waals surface area contributed by atoms with E-state index in [2.05, 4.69) is 20.9 Å². The summed E-state index contributed by atoms with van der Waals surface area (Å²) < 4.78 is 45.3. The molecule has 34 heavy (non-hydrogen) atoms. The molecule has 2 aliphatic rings. The van der Waals surface area contributed by atoms with Crippen LogP contribution >= 0.6 is 0 Å². The molecule has 0 radical (unpaired) electrons. The van der Waals surface area contributed by atoms with Crippen molar-refractivity contribution in [2.45, 2.75) is 17.2 Å². The molecule has 1 aromatic carbocycles. The van der Waals surface area contributed by atoms with Crippen LogP contribution in [0, 0.1) is 5.82 Å². The first-order chi connectivity index (χ1) is 16.0. The van der Waals surface area contributed by atoms with E-state index in [9.17, 15) is 22.4 Å². The maximum absolute atomic E-state index is 14.9. The third-order valence-corrected chi connectivity index (χ3v) is 9.10. The number of pyridine rings is 1. The second-order valence-corrected chi connectivity index (χ2v) is 11.2. The topological polar surface area (TPSA) is 130 Å². The summed E-state index contributed by atoms with van der Waals surface area (Å²) >= 11 is 0. The molecule has 0 saturated carbocycles. The number of halogens is 1. The Kier molecular flexibility index (Phi) is 5.98. The van der Waals surface area contributed by atoms with Crippen molar-refractivity contribution in [2.75, 3.05) is 44.9 Å². The predicted molar refractivity (Wildman–Crippen MR) is 123 cm³/mol. The molecule has 0 bridgehead atoms. The molecule has 3 N–H and O–H groups in total. The lowest BCUT2D eigenvalue weighted by molar-refractivity contribution is 0.102. The standard InChI is InChI=1S/C22H26FN5O5S/c1-21(13-34(31,32)22(10-26-21)11-28(12-22)20(30)24-2)16-8-14(4-6-17(16)23)27-19(29)18-7-5-15(33-3)9-25-18/h4-9,26H,10-13H2,1-3H3,(H,24,30)(H,27,29). The first-order valence-electron chi connectivity index (χ1n) is 10.6. The normalized spacial score (nSPS) is 22.5. The summed E-state index contributed by atoms with van der Waals surface area (Å²) in [6.07, 6.45) is 1.41. The SMILES string of the molecule is CNC(=O)N1CC2(CNC(C)(c3cc(NC(=O)c4ccc(OC)cn4)ccc3F)CS2(=O)=O)C1. The van der Waals surface area contributed by atoms with E-state index in [-0.39, 0.29) is 42.7 Å². The smallest absolute Gasteiger partial charge is 0.317 e. The molecule has 1 aromatic heterocycles. The van der Waals surface area contributed by atoms with Crippen LogP contribution in [0.25, 0.3) is 0 Å². The van der Waals surface area contributed by atoms with E-state index >= 15 is 0 Å². The van der Waals surface area contributed by atoms with Gasteiger partial charge in [-0.1, -0.05) is 0 Å². The number of benzene rings is 1. The molecule has 0 aliphatic carbocycles. The van der Waals surface area contributed by atoms with Crippen molar-refractivity contribution in [1.29, 1.82) is 0 Å². The minimum absolute atomic E-state index is 0.0745. The molecule has 3 amide bonds. The molecule has 3 heterocycles. The Labute approximate surface area is 196 Å². The van der Waals surface area contributed by atoms with Gasteiger partial charge in [0.2, 0.25) is 0 Å². The highest BCUT2D eigenvalue weighted by molar-refractivity contribution is 7.93. The number of rotatable bonds is 4. The Balaban J connectivity index is 1.53. The zero-order valence-corrected chi connectivity index (χ0v) is 19.8. The third kappa shape index (κ3) is 4.07. The van der Waals surface area contributed by atoms with E-state index in [1.165, 1.54) is 49.5 Å². The number of carbonyl (C=O) groups excluding carboxylic acids is 2. The number of urea groups is 1. The molecule has 10 nitrogen and oxygen atoms in total. The van der Waals surface area contributed by atoms with Gasteiger partial charge in [-0.15, -0.1) is 0 Å². The zero-order valence-electron chi connectivity index (χ0n) is 19.0. The molecular weight excluding hydrogens is 465 g/mol. The van der Waals surface area contributed by atoms with Crippen LogP contribution in [0.15, 0.2) is 36.5 Å². The van der Waals surface area contributed by atoms with Gasteiger partial charge in [-0.3, -0.25) is 4.79 Å². The molecule has 1 atom stereocenters. The highest BCUT2D eigenvalue weighted by Crippen LogP contribution is 2.39. The summed E-state index contributed by atoms with van der Waals surface area (Å²) in [5.74, 6) is -0.948. The lowest BCUT2D eigenvalue weighted by Gasteiger charge is -2.54. The van der Waals surface area contributed by atoms with Gasteiger partial charge in [0.25, 0.3) is 5.91 Å². The highest BCUT2D eigenvalue weighted by Gasteiger charge is 2.59. The Morgan fingerprint density at radius 1 is 1.24 bits per heavy atom. The first-order valence-corrected chi connectivity index (χ1v) is 12.2. The Bertz CT molecular complexity index is 1230. The van der Waals surface area contributed by atoms with Crippen molar-refractivity contribution in [3.05, 3.63) is 53.6 Å². The van der Waals surface area contributed by atoms with Gasteiger partial charge in [0.05, 0.1) is 24.6 Å². The number of likely N-dealkylation sites (tertiary alicyclic amines) is 1. The number of ether oxygens (including phenoxy) is 1. The molecule has 2 saturated heterocycles. The number of sulfone groups is 1. The van der Waals surface area contributed by atoms with Crippen molar-refractivity contribution in [3.8, 4) is 5.75 Å². The fraction of sp³-hybridized carbons (Fsp3) is 0.409. The Morgan fingerprint density at radius 2 is 1.97 bits per heavy atom. The lowest BCUT2D eigenvalue weighted by Crippen LogP contribution is -2.76. The van der Waals surface area contributed by atoms with Crippen LogP contribution in [0.2, 0.25) is 0 Å². The maximum atomic E-state index is 14.9. The maximum Gasteiger partial charge on any atom is 0.317 e. The van der Waals surface area contributed by atoms with E-state index in [1.807, 2.05) is 0 Å². The third-order valence-electron chi connectivity index (χ3n) is 6.42. The number of nitrogens with zero attached hydrogens (tertiary/aromatic N) is 2. The van der Waals surface area contributed by atoms with E-state index in [0.29, 0.717) is 11.4 Å². The van der Waals surface area contributed by atoms with Gasteiger partial charge >= 0.3 is 6.03 Å². The van der Waals surface area contributed by atoms with E-state index in [0.717, 1.165) is 0 Å². The molecule has 182 valence electrons. The van der Waals surface area contributed by atoms with Crippen LogP contribution in [0.3, 0.4) is 0 Å². The molecular formula is C22H26FN5O5S. The summed E-state index contributed by atoms with van der Waals surface area (Å²) in [6.45, 7) is 1.84. The van der Waals surface area contributed by atoms with E-state index in [4.69, 9.17) is 4.74 Å². The van der Waals surface area contributed by atoms with Gasteiger partial charge in [-0.05, 0) is 37.3 Å². The van der Waals surface area contributed by atoms with E-state index in [1.54, 1.807) is 13.0 Å². The molecule has 2 aromatic rings. The van der Waals surface area contributed by atoms with Crippen molar-refractivity contribution >= 4 is 27.5 Å². The Hall–Kier alpha value is -3.25. The number of anilines is 1. The molecule has 2 fully saturated rings. The molecule has 12 heteroatoms. The van der Waals surface area contributed by atoms with Gasteiger partial charge in [0, 0.05) is 37.9 Å². The van der Waals surface area contributed by atoms with Gasteiger partial charge in [0.1, 0.15) is 22.0 Å². The van der Waals surface area contributed by atoms with Crippen LogP contribution in [0.5, 0.6) is 5.75 Å². The summed E-state index contributed by atoms with van der Waals surface area (Å²) in [7, 11) is -0.708. The number of hydrogen-bond donors (Lipinski definition) is 3.